The molecule has 0 radical (unpaired) electrons. The quantitative estimate of drug-likeness (QED) is 0.692. The van der Waals surface area contributed by atoms with Gasteiger partial charge in [-0.3, -0.25) is 0 Å². The molecule has 0 N–H and O–H groups in total. The van der Waals surface area contributed by atoms with Crippen molar-refractivity contribution < 1.29 is 0 Å². The fourth-order valence-corrected chi connectivity index (χ4v) is 31.3. The molecule has 1 aromatic heterocycles. The van der Waals surface area contributed by atoms with Crippen LogP contribution in [0, 0.1) is 0 Å². The van der Waals surface area contributed by atoms with Gasteiger partial charge in [0.2, 0.25) is 0 Å². The van der Waals surface area contributed by atoms with Gasteiger partial charge in [-0.1, -0.05) is 0 Å². The Bertz CT molecular complexity index is 396. The Labute approximate surface area is 95.9 Å². The Morgan fingerprint density at radius 1 is 1.21 bits per heavy atom. The summed E-state index contributed by atoms with van der Waals surface area (Å²) in [6.45, 7) is 7.48. The second-order valence-electron chi connectivity index (χ2n) is 5.63. The van der Waals surface area contributed by atoms with Crippen LogP contribution < -0.4 is 3.58 Å². The van der Waals surface area contributed by atoms with Crippen molar-refractivity contribution in [2.45, 2.75) is 29.5 Å². The van der Waals surface area contributed by atoms with Crippen LogP contribution >= 0.6 is 11.3 Å². The fraction of sp³-hybridized carbons (Fsp3) is 0.455. The van der Waals surface area contributed by atoms with Crippen molar-refractivity contribution >= 4 is 47.4 Å². The average Bonchev–Trinajstić information content (AvgIpc) is 2.51. The van der Waals surface area contributed by atoms with Gasteiger partial charge in [0.25, 0.3) is 0 Å². The van der Waals surface area contributed by atoms with E-state index in [0.717, 1.165) is 0 Å². The molecule has 0 amide bonds. The van der Waals surface area contributed by atoms with Crippen LogP contribution in [0.4, 0.5) is 0 Å². The Hall–Kier alpha value is 0.456. The van der Waals surface area contributed by atoms with Crippen molar-refractivity contribution in [1.29, 1.82) is 0 Å². The summed E-state index contributed by atoms with van der Waals surface area (Å²) in [6, 6.07) is 2.39. The first-order valence-electron chi connectivity index (χ1n) is 5.14. The minimum atomic E-state index is -2.02. The molecule has 0 atom stereocenters. The first-order chi connectivity index (χ1) is 6.33. The third-order valence-electron chi connectivity index (χ3n) is 3.13. The Morgan fingerprint density at radius 3 is 2.36 bits per heavy atom. The van der Waals surface area contributed by atoms with E-state index >= 15 is 0 Å². The summed E-state index contributed by atoms with van der Waals surface area (Å²) >= 11 is -0.0918. The van der Waals surface area contributed by atoms with E-state index in [9.17, 15) is 0 Å². The second-order valence-corrected chi connectivity index (χ2v) is 25.4. The molecule has 0 bridgehead atoms. The molecule has 2 heterocycles. The maximum atomic E-state index is 2.58. The zero-order valence-electron chi connectivity index (χ0n) is 9.64. The van der Waals surface area contributed by atoms with Crippen molar-refractivity contribution in [1.82, 2.24) is 0 Å². The predicted molar refractivity (Wildman–Crippen MR) is 72.8 cm³/mol. The minimum absolute atomic E-state index is 1.06. The molecule has 76 valence electrons. The molecule has 0 fully saturated rings. The first-order valence-corrected chi connectivity index (χ1v) is 18.1. The Balaban J connectivity index is 2.56. The van der Waals surface area contributed by atoms with E-state index in [1.807, 2.05) is 14.5 Å². The molecular formula is C11H18SSiSn. The topological polar surface area (TPSA) is 0 Å². The molecule has 0 aliphatic carbocycles. The van der Waals surface area contributed by atoms with Gasteiger partial charge in [0.15, 0.2) is 0 Å². The zero-order valence-corrected chi connectivity index (χ0v) is 14.3. The summed E-state index contributed by atoms with van der Waals surface area (Å²) in [4.78, 5) is 6.75. The van der Waals surface area contributed by atoms with Crippen LogP contribution in [0.25, 0.3) is 6.08 Å². The van der Waals surface area contributed by atoms with Gasteiger partial charge in [-0.2, -0.15) is 0 Å². The standard InChI is InChI=1S/C9H12SSi.2CH3.Sn/c1-11(2,3)8-6-9-5-4-7-10-9;;;/h4,6-7H,1-3H3;2*1H3;. The Kier molecular flexibility index (Phi) is 2.52. The molecule has 3 heteroatoms. The van der Waals surface area contributed by atoms with Gasteiger partial charge in [-0.05, 0) is 0 Å². The molecule has 0 aromatic carbocycles. The van der Waals surface area contributed by atoms with Gasteiger partial charge in [-0.15, -0.1) is 0 Å². The SMILES string of the molecule is C[Si](C)(C)[C]1=Cc2scc[c]2[Sn]1([CH3])[CH3]. The summed E-state index contributed by atoms with van der Waals surface area (Å²) in [6.07, 6.45) is 2.54. The van der Waals surface area contributed by atoms with Crippen molar-refractivity contribution in [3.63, 3.8) is 0 Å². The van der Waals surface area contributed by atoms with Crippen LogP contribution in [-0.2, 0) is 0 Å². The summed E-state index contributed by atoms with van der Waals surface area (Å²) < 4.78 is 3.66. The summed E-state index contributed by atoms with van der Waals surface area (Å²) in [7, 11) is -1.06. The van der Waals surface area contributed by atoms with E-state index in [2.05, 4.69) is 47.0 Å². The average molecular weight is 329 g/mol. The fourth-order valence-electron chi connectivity index (χ4n) is 2.56. The third-order valence-corrected chi connectivity index (χ3v) is 26.2. The third kappa shape index (κ3) is 1.55. The molecular weight excluding hydrogens is 311 g/mol. The maximum absolute atomic E-state index is 2.58. The van der Waals surface area contributed by atoms with E-state index < -0.39 is 26.5 Å². The van der Waals surface area contributed by atoms with Crippen molar-refractivity contribution in [3.05, 3.63) is 19.5 Å². The molecule has 2 rings (SSSR count). The molecule has 0 saturated heterocycles. The van der Waals surface area contributed by atoms with E-state index in [1.165, 1.54) is 0 Å². The summed E-state index contributed by atoms with van der Waals surface area (Å²) in [5, 5.41) is 2.26. The molecule has 0 unspecified atom stereocenters. The van der Waals surface area contributed by atoms with Crippen molar-refractivity contribution in [3.8, 4) is 0 Å². The van der Waals surface area contributed by atoms with Crippen LogP contribution in [0.3, 0.4) is 0 Å². The van der Waals surface area contributed by atoms with Crippen LogP contribution in [-0.4, -0.2) is 26.5 Å². The monoisotopic (exact) mass is 330 g/mol. The van der Waals surface area contributed by atoms with Gasteiger partial charge in [0.05, 0.1) is 0 Å². The van der Waals surface area contributed by atoms with Gasteiger partial charge in [-0.25, -0.2) is 0 Å². The molecule has 0 nitrogen and oxygen atoms in total. The molecule has 0 spiro atoms. The first kappa shape index (κ1) is 11.0. The van der Waals surface area contributed by atoms with Gasteiger partial charge < -0.3 is 0 Å². The van der Waals surface area contributed by atoms with E-state index in [-0.39, 0.29) is 0 Å². The second kappa shape index (κ2) is 3.22. The normalized spacial score (nSPS) is 19.4. The molecule has 0 saturated carbocycles. The van der Waals surface area contributed by atoms with Gasteiger partial charge in [0.1, 0.15) is 0 Å². The Morgan fingerprint density at radius 2 is 1.86 bits per heavy atom. The van der Waals surface area contributed by atoms with E-state index in [1.54, 1.807) is 8.46 Å². The van der Waals surface area contributed by atoms with Crippen LogP contribution in [0.5, 0.6) is 0 Å². The number of hydrogen-bond donors (Lipinski definition) is 0. The molecule has 1 aliphatic heterocycles. The predicted octanol–water partition coefficient (Wildman–Crippen LogP) is 3.48. The van der Waals surface area contributed by atoms with Crippen molar-refractivity contribution in [2.24, 2.45) is 0 Å². The number of fused-ring (bicyclic) bond motifs is 1. The van der Waals surface area contributed by atoms with Gasteiger partial charge in [0, 0.05) is 0 Å². The van der Waals surface area contributed by atoms with Crippen molar-refractivity contribution in [2.75, 3.05) is 0 Å². The number of rotatable bonds is 1. The van der Waals surface area contributed by atoms with Crippen LogP contribution in [0.2, 0.25) is 29.5 Å². The molecule has 14 heavy (non-hydrogen) atoms. The zero-order chi connectivity index (χ0) is 10.6. The molecule has 1 aliphatic rings. The van der Waals surface area contributed by atoms with Crippen LogP contribution in [0.15, 0.2) is 14.7 Å². The summed E-state index contributed by atoms with van der Waals surface area (Å²) in [5.74, 6) is 0. The summed E-state index contributed by atoms with van der Waals surface area (Å²) in [5.41, 5.74) is 0. The van der Waals surface area contributed by atoms with E-state index in [4.69, 9.17) is 0 Å². The van der Waals surface area contributed by atoms with E-state index in [0.29, 0.717) is 0 Å². The number of hydrogen-bond acceptors (Lipinski definition) is 1. The van der Waals surface area contributed by atoms with Gasteiger partial charge >= 0.3 is 96.5 Å². The van der Waals surface area contributed by atoms with Crippen LogP contribution in [0.1, 0.15) is 4.88 Å². The number of thiophene rings is 1. The molecule has 1 aromatic rings.